The van der Waals surface area contributed by atoms with Gasteiger partial charge in [-0.25, -0.2) is 0 Å². The largest absolute Gasteiger partial charge is 0.288 e. The Morgan fingerprint density at radius 3 is 1.08 bits per heavy atom. The highest BCUT2D eigenvalue weighted by atomic mass is 79.9. The zero-order valence-electron chi connectivity index (χ0n) is 24.0. The summed E-state index contributed by atoms with van der Waals surface area (Å²) in [6.07, 6.45) is 29.0. The van der Waals surface area contributed by atoms with Crippen LogP contribution in [0.4, 0.5) is 0 Å². The van der Waals surface area contributed by atoms with Crippen LogP contribution in [-0.4, -0.2) is 5.78 Å². The lowest BCUT2D eigenvalue weighted by atomic mass is 9.98. The molecule has 2 heterocycles. The van der Waals surface area contributed by atoms with E-state index in [2.05, 4.69) is 45.7 Å². The van der Waals surface area contributed by atoms with E-state index in [1.54, 1.807) is 22.7 Å². The Bertz CT molecular complexity index is 898. The molecule has 0 aliphatic heterocycles. The van der Waals surface area contributed by atoms with Crippen molar-refractivity contribution in [3.05, 3.63) is 29.8 Å². The van der Waals surface area contributed by atoms with E-state index in [1.807, 2.05) is 0 Å². The molecule has 0 fully saturated rings. The third kappa shape index (κ3) is 9.55. The molecule has 38 heavy (non-hydrogen) atoms. The summed E-state index contributed by atoms with van der Waals surface area (Å²) >= 11 is 11.2. The summed E-state index contributed by atoms with van der Waals surface area (Å²) in [6.45, 7) is 4.57. The van der Waals surface area contributed by atoms with E-state index in [9.17, 15) is 4.79 Å². The summed E-state index contributed by atoms with van der Waals surface area (Å²) in [5.74, 6) is 0.294. The fourth-order valence-electron chi connectivity index (χ4n) is 5.83. The first-order chi connectivity index (χ1) is 18.6. The first-order valence-corrected chi connectivity index (χ1v) is 19.0. The number of ketones is 1. The maximum absolute atomic E-state index is 13.7. The minimum Gasteiger partial charge on any atom is -0.288 e. The number of rotatable bonds is 22. The number of carbonyl (C=O) groups is 1. The maximum atomic E-state index is 13.7. The minimum absolute atomic E-state index is 0.294. The van der Waals surface area contributed by atoms with Crippen molar-refractivity contribution in [2.75, 3.05) is 0 Å². The van der Waals surface area contributed by atoms with E-state index in [1.165, 1.54) is 157 Å². The average Bonchev–Trinajstić information content (AvgIpc) is 3.50. The SMILES string of the molecule is CCCCCCCCCCCCc1c(Br)sc2c1C(=O)c1c-2sc(Br)c1CCCCCCCCCCCC. The molecule has 0 saturated heterocycles. The Hall–Kier alpha value is 0.0300. The second-order valence-electron chi connectivity index (χ2n) is 11.3. The molecule has 0 amide bonds. The second kappa shape index (κ2) is 18.5. The van der Waals surface area contributed by atoms with Gasteiger partial charge < -0.3 is 0 Å². The lowest BCUT2D eigenvalue weighted by Gasteiger charge is -2.06. The molecule has 1 nitrogen and oxygen atoms in total. The van der Waals surface area contributed by atoms with Gasteiger partial charge in [0.15, 0.2) is 5.78 Å². The third-order valence-corrected chi connectivity index (χ3v) is 12.3. The van der Waals surface area contributed by atoms with Gasteiger partial charge in [-0.2, -0.15) is 0 Å². The van der Waals surface area contributed by atoms with E-state index in [-0.39, 0.29) is 0 Å². The van der Waals surface area contributed by atoms with Gasteiger partial charge in [0, 0.05) is 11.1 Å². The van der Waals surface area contributed by atoms with Crippen LogP contribution in [0.5, 0.6) is 0 Å². The van der Waals surface area contributed by atoms with Crippen LogP contribution < -0.4 is 0 Å². The number of thiophene rings is 2. The molecule has 0 atom stereocenters. The predicted octanol–water partition coefficient (Wildman–Crippen LogP) is 13.5. The summed E-state index contributed by atoms with van der Waals surface area (Å²) in [5, 5.41) is 0. The molecule has 0 unspecified atom stereocenters. The van der Waals surface area contributed by atoms with Crippen LogP contribution in [0.1, 0.15) is 169 Å². The topological polar surface area (TPSA) is 17.1 Å². The van der Waals surface area contributed by atoms with E-state index in [0.29, 0.717) is 5.78 Å². The molecule has 0 aromatic carbocycles. The predicted molar refractivity (Wildman–Crippen MR) is 178 cm³/mol. The van der Waals surface area contributed by atoms with Crippen molar-refractivity contribution < 1.29 is 4.79 Å². The summed E-state index contributed by atoms with van der Waals surface area (Å²) in [6, 6.07) is 0. The molecular weight excluding hydrogens is 636 g/mol. The average molecular weight is 687 g/mol. The fourth-order valence-corrected chi connectivity index (χ4v) is 9.88. The van der Waals surface area contributed by atoms with Gasteiger partial charge >= 0.3 is 0 Å². The fraction of sp³-hybridized carbons (Fsp3) is 0.727. The quantitative estimate of drug-likeness (QED) is 0.0962. The van der Waals surface area contributed by atoms with Crippen molar-refractivity contribution in [2.45, 2.75) is 155 Å². The van der Waals surface area contributed by atoms with Crippen molar-refractivity contribution in [2.24, 2.45) is 0 Å². The summed E-state index contributed by atoms with van der Waals surface area (Å²) in [5.41, 5.74) is 4.60. The third-order valence-electron chi connectivity index (χ3n) is 8.14. The first kappa shape index (κ1) is 32.5. The molecule has 0 spiro atoms. The van der Waals surface area contributed by atoms with Crippen molar-refractivity contribution in [1.29, 1.82) is 0 Å². The van der Waals surface area contributed by atoms with Crippen LogP contribution in [0, 0.1) is 0 Å². The molecule has 2 aromatic rings. The molecule has 3 rings (SSSR count). The Balaban J connectivity index is 1.42. The van der Waals surface area contributed by atoms with Gasteiger partial charge in [0.25, 0.3) is 0 Å². The van der Waals surface area contributed by atoms with E-state index < -0.39 is 0 Å². The zero-order chi connectivity index (χ0) is 27.2. The Labute approximate surface area is 258 Å². The maximum Gasteiger partial charge on any atom is 0.196 e. The molecule has 0 radical (unpaired) electrons. The molecule has 1 aliphatic carbocycles. The van der Waals surface area contributed by atoms with E-state index >= 15 is 0 Å². The Morgan fingerprint density at radius 1 is 0.474 bits per heavy atom. The van der Waals surface area contributed by atoms with Gasteiger partial charge in [0.05, 0.1) is 17.3 Å². The van der Waals surface area contributed by atoms with E-state index in [4.69, 9.17) is 0 Å². The van der Waals surface area contributed by atoms with Crippen LogP contribution in [0.3, 0.4) is 0 Å². The van der Waals surface area contributed by atoms with Crippen molar-refractivity contribution in [3.8, 4) is 9.75 Å². The number of fused-ring (bicyclic) bond motifs is 3. The lowest BCUT2D eigenvalue weighted by Crippen LogP contribution is -2.03. The molecular formula is C33H50Br2OS2. The van der Waals surface area contributed by atoms with Crippen LogP contribution in [0.2, 0.25) is 0 Å². The molecule has 0 saturated carbocycles. The second-order valence-corrected chi connectivity index (χ2v) is 16.0. The molecule has 214 valence electrons. The monoisotopic (exact) mass is 684 g/mol. The number of unbranched alkanes of at least 4 members (excludes halogenated alkanes) is 18. The van der Waals surface area contributed by atoms with Crippen LogP contribution >= 0.6 is 54.5 Å². The smallest absolute Gasteiger partial charge is 0.196 e. The van der Waals surface area contributed by atoms with Gasteiger partial charge in [-0.05, 0) is 68.7 Å². The van der Waals surface area contributed by atoms with Gasteiger partial charge in [-0.3, -0.25) is 4.79 Å². The van der Waals surface area contributed by atoms with Crippen LogP contribution in [0.15, 0.2) is 7.57 Å². The highest BCUT2D eigenvalue weighted by molar-refractivity contribution is 9.11. The number of carbonyl (C=O) groups excluding carboxylic acids is 1. The van der Waals surface area contributed by atoms with Crippen molar-refractivity contribution in [3.63, 3.8) is 0 Å². The molecule has 5 heteroatoms. The summed E-state index contributed by atoms with van der Waals surface area (Å²) in [4.78, 5) is 16.1. The Morgan fingerprint density at radius 2 is 0.763 bits per heavy atom. The minimum atomic E-state index is 0.294. The van der Waals surface area contributed by atoms with Gasteiger partial charge in [0.1, 0.15) is 0 Å². The number of halogens is 2. The highest BCUT2D eigenvalue weighted by Crippen LogP contribution is 2.53. The van der Waals surface area contributed by atoms with Gasteiger partial charge in [0.2, 0.25) is 0 Å². The zero-order valence-corrected chi connectivity index (χ0v) is 28.8. The van der Waals surface area contributed by atoms with Gasteiger partial charge in [-0.15, -0.1) is 22.7 Å². The number of hydrogen-bond acceptors (Lipinski definition) is 3. The number of hydrogen-bond donors (Lipinski definition) is 0. The van der Waals surface area contributed by atoms with Crippen LogP contribution in [0.25, 0.3) is 9.75 Å². The molecule has 2 aromatic heterocycles. The Kier molecular flexibility index (Phi) is 15.8. The molecule has 1 aliphatic rings. The summed E-state index contributed by atoms with van der Waals surface area (Å²) < 4.78 is 2.36. The van der Waals surface area contributed by atoms with Crippen LogP contribution in [-0.2, 0) is 12.8 Å². The first-order valence-electron chi connectivity index (χ1n) is 15.8. The lowest BCUT2D eigenvalue weighted by molar-refractivity contribution is 0.104. The van der Waals surface area contributed by atoms with Crippen molar-refractivity contribution >= 4 is 60.3 Å². The normalized spacial score (nSPS) is 12.5. The molecule has 0 bridgehead atoms. The standard InChI is InChI=1S/C33H50Br2OS2/c1-3-5-7-9-11-13-15-17-19-21-23-25-27-29(36)28-26(33(35)38-31(28)30(27)37-32(25)34)24-22-20-18-16-14-12-10-8-6-4-2/h3-24H2,1-2H3. The van der Waals surface area contributed by atoms with Crippen molar-refractivity contribution in [1.82, 2.24) is 0 Å². The van der Waals surface area contributed by atoms with E-state index in [0.717, 1.165) is 24.0 Å². The molecule has 0 N–H and O–H groups in total. The summed E-state index contributed by atoms with van der Waals surface area (Å²) in [7, 11) is 0. The van der Waals surface area contributed by atoms with Gasteiger partial charge in [-0.1, -0.05) is 129 Å². The highest BCUT2D eigenvalue weighted by Gasteiger charge is 2.37.